The van der Waals surface area contributed by atoms with Crippen LogP contribution in [0.25, 0.3) is 0 Å². The molecule has 0 saturated carbocycles. The first-order valence-electron chi connectivity index (χ1n) is 4.27. The Hall–Kier alpha value is -0.670. The third-order valence-corrected chi connectivity index (χ3v) is 2.16. The van der Waals surface area contributed by atoms with Gasteiger partial charge in [0, 0.05) is 6.42 Å². The third-order valence-electron chi connectivity index (χ3n) is 2.16. The van der Waals surface area contributed by atoms with Crippen LogP contribution in [0.4, 0.5) is 0 Å². The van der Waals surface area contributed by atoms with Gasteiger partial charge in [-0.2, -0.15) is 0 Å². The molecule has 1 radical (unpaired) electrons. The zero-order valence-corrected chi connectivity index (χ0v) is 8.87. The van der Waals surface area contributed by atoms with E-state index in [0.29, 0.717) is 10.9 Å². The van der Waals surface area contributed by atoms with Crippen LogP contribution in [0.2, 0.25) is 0 Å². The largest absolute Gasteiger partial charge is 0.385 e. The molecular weight excluding hydrogens is 166 g/mol. The molecule has 1 atom stereocenters. The first kappa shape index (κ1) is 12.3. The smallest absolute Gasteiger partial charge is 0.183 e. The van der Waals surface area contributed by atoms with Crippen molar-refractivity contribution in [1.29, 1.82) is 0 Å². The second kappa shape index (κ2) is 4.53. The van der Waals surface area contributed by atoms with Gasteiger partial charge in [-0.15, -0.1) is 0 Å². The molecule has 0 fully saturated rings. The Bertz CT molecular complexity index is 194. The van der Waals surface area contributed by atoms with Gasteiger partial charge < -0.3 is 9.59 Å². The van der Waals surface area contributed by atoms with Gasteiger partial charge in [-0.1, -0.05) is 6.58 Å². The van der Waals surface area contributed by atoms with Gasteiger partial charge in [0.05, 0.1) is 21.1 Å². The Balaban J connectivity index is 4.14. The normalized spacial score (nSPS) is 14.3. The summed E-state index contributed by atoms with van der Waals surface area (Å²) >= 11 is 0. The van der Waals surface area contributed by atoms with E-state index >= 15 is 0 Å². The quantitative estimate of drug-likeness (QED) is 0.507. The van der Waals surface area contributed by atoms with E-state index in [1.54, 1.807) is 0 Å². The van der Waals surface area contributed by atoms with Crippen LogP contribution in [0.3, 0.4) is 0 Å². The third kappa shape index (κ3) is 4.20. The molecule has 0 heterocycles. The monoisotopic (exact) mass is 185 g/mol. The predicted molar refractivity (Wildman–Crippen MR) is 52.8 cm³/mol. The predicted octanol–water partition coefficient (Wildman–Crippen LogP) is 0.751. The van der Waals surface area contributed by atoms with Crippen LogP contribution in [0.1, 0.15) is 13.3 Å². The van der Waals surface area contributed by atoms with Gasteiger partial charge in [0.15, 0.2) is 11.8 Å². The summed E-state index contributed by atoms with van der Waals surface area (Å²) in [4.78, 5) is 11.0. The Morgan fingerprint density at radius 3 is 2.31 bits per heavy atom. The van der Waals surface area contributed by atoms with Gasteiger partial charge in [-0.3, -0.25) is 4.79 Å². The summed E-state index contributed by atoms with van der Waals surface area (Å²) in [6.45, 7) is 5.26. The lowest BCUT2D eigenvalue weighted by atomic mass is 10.1. The Morgan fingerprint density at radius 2 is 2.00 bits per heavy atom. The van der Waals surface area contributed by atoms with Gasteiger partial charge >= 0.3 is 0 Å². The maximum Gasteiger partial charge on any atom is 0.183 e. The molecule has 0 aliphatic carbocycles. The van der Waals surface area contributed by atoms with E-state index in [1.807, 2.05) is 28.1 Å². The minimum Gasteiger partial charge on any atom is -0.385 e. The number of aliphatic hydroxyl groups is 1. The number of rotatable bonds is 5. The van der Waals surface area contributed by atoms with Gasteiger partial charge in [0.25, 0.3) is 0 Å². The average Bonchev–Trinajstić information content (AvgIpc) is 2.01. The second-order valence-electron chi connectivity index (χ2n) is 4.07. The maximum absolute atomic E-state index is 11.0. The van der Waals surface area contributed by atoms with Gasteiger partial charge in [0.1, 0.15) is 6.10 Å². The molecule has 0 aromatic heterocycles. The number of nitrogens with zero attached hydrogens (tertiary/aromatic N) is 1. The SMILES string of the molecule is C=CC(=O)C(O)C[C](C)[N+](C)(C)C. The van der Waals surface area contributed by atoms with Crippen LogP contribution in [0, 0.1) is 6.04 Å². The Morgan fingerprint density at radius 1 is 1.54 bits per heavy atom. The molecule has 3 nitrogen and oxygen atoms in total. The number of aliphatic hydroxyl groups excluding tert-OH is 1. The molecule has 0 spiro atoms. The minimum absolute atomic E-state index is 0.312. The molecule has 0 aromatic rings. The number of hydrogen-bond acceptors (Lipinski definition) is 2. The molecule has 0 aliphatic heterocycles. The lowest BCUT2D eigenvalue weighted by molar-refractivity contribution is -0.858. The molecule has 13 heavy (non-hydrogen) atoms. The zero-order valence-electron chi connectivity index (χ0n) is 8.87. The summed E-state index contributed by atoms with van der Waals surface area (Å²) in [5.74, 6) is -0.312. The molecule has 1 unspecified atom stereocenters. The molecule has 1 N–H and O–H groups in total. The highest BCUT2D eigenvalue weighted by atomic mass is 16.3. The molecule has 0 aromatic carbocycles. The molecule has 0 amide bonds. The second-order valence-corrected chi connectivity index (χ2v) is 4.07. The van der Waals surface area contributed by atoms with E-state index in [2.05, 4.69) is 6.58 Å². The molecule has 0 saturated heterocycles. The van der Waals surface area contributed by atoms with E-state index in [1.165, 1.54) is 0 Å². The summed E-state index contributed by atoms with van der Waals surface area (Å²) in [6, 6.07) is 1.06. The van der Waals surface area contributed by atoms with E-state index in [9.17, 15) is 9.90 Å². The number of ketones is 1. The molecular formula is C10H19NO2+. The van der Waals surface area contributed by atoms with Gasteiger partial charge in [-0.25, -0.2) is 0 Å². The number of hydrogen-bond donors (Lipinski definition) is 1. The van der Waals surface area contributed by atoms with Crippen LogP contribution in [-0.2, 0) is 4.79 Å². The maximum atomic E-state index is 11.0. The molecule has 75 valence electrons. The molecule has 0 bridgehead atoms. The van der Waals surface area contributed by atoms with Crippen molar-refractivity contribution in [3.8, 4) is 0 Å². The van der Waals surface area contributed by atoms with E-state index < -0.39 is 6.10 Å². The molecule has 3 heteroatoms. The summed E-state index contributed by atoms with van der Waals surface area (Å²) in [7, 11) is 6.00. The lowest BCUT2D eigenvalue weighted by Gasteiger charge is -2.30. The fourth-order valence-electron chi connectivity index (χ4n) is 0.790. The Labute approximate surface area is 80.3 Å². The average molecular weight is 185 g/mol. The van der Waals surface area contributed by atoms with E-state index in [-0.39, 0.29) is 5.78 Å². The van der Waals surface area contributed by atoms with Crippen molar-refractivity contribution in [2.45, 2.75) is 19.4 Å². The van der Waals surface area contributed by atoms with Crippen LogP contribution in [-0.4, -0.2) is 42.6 Å². The van der Waals surface area contributed by atoms with Crippen LogP contribution >= 0.6 is 0 Å². The van der Waals surface area contributed by atoms with Crippen LogP contribution in [0.15, 0.2) is 12.7 Å². The summed E-state index contributed by atoms with van der Waals surface area (Å²) in [5.41, 5.74) is 0. The van der Waals surface area contributed by atoms with Crippen molar-refractivity contribution in [3.05, 3.63) is 18.7 Å². The summed E-state index contributed by atoms with van der Waals surface area (Å²) in [6.07, 6.45) is 0.622. The highest BCUT2D eigenvalue weighted by Gasteiger charge is 2.26. The summed E-state index contributed by atoms with van der Waals surface area (Å²) < 4.78 is 0.654. The number of carbonyl (C=O) groups excluding carboxylic acids is 1. The van der Waals surface area contributed by atoms with Crippen molar-refractivity contribution >= 4 is 5.78 Å². The number of carbonyl (C=O) groups is 1. The molecule has 0 aliphatic rings. The topological polar surface area (TPSA) is 37.3 Å². The van der Waals surface area contributed by atoms with E-state index in [0.717, 1.165) is 12.1 Å². The first-order valence-corrected chi connectivity index (χ1v) is 4.27. The fraction of sp³-hybridized carbons (Fsp3) is 0.600. The van der Waals surface area contributed by atoms with Crippen molar-refractivity contribution < 1.29 is 14.4 Å². The highest BCUT2D eigenvalue weighted by molar-refractivity contribution is 5.92. The standard InChI is InChI=1S/C10H19NO2/c1-6-9(12)10(13)7-8(2)11(3,4)5/h6,10,13H,1,7H2,2-5H3/q+1. The summed E-state index contributed by atoms with van der Waals surface area (Å²) in [5, 5.41) is 9.40. The van der Waals surface area contributed by atoms with Crippen LogP contribution in [0.5, 0.6) is 0 Å². The van der Waals surface area contributed by atoms with Gasteiger partial charge in [0.2, 0.25) is 0 Å². The van der Waals surface area contributed by atoms with Crippen LogP contribution < -0.4 is 0 Å². The van der Waals surface area contributed by atoms with Gasteiger partial charge in [-0.05, 0) is 13.0 Å². The van der Waals surface area contributed by atoms with Crippen molar-refractivity contribution in [2.24, 2.45) is 0 Å². The first-order chi connectivity index (χ1) is 5.79. The highest BCUT2D eigenvalue weighted by Crippen LogP contribution is 2.17. The van der Waals surface area contributed by atoms with Crippen molar-refractivity contribution in [1.82, 2.24) is 0 Å². The fourth-order valence-corrected chi connectivity index (χ4v) is 0.790. The van der Waals surface area contributed by atoms with Crippen molar-refractivity contribution in [2.75, 3.05) is 21.1 Å². The minimum atomic E-state index is -0.935. The zero-order chi connectivity index (χ0) is 10.6. The lowest BCUT2D eigenvalue weighted by Crippen LogP contribution is -2.40. The van der Waals surface area contributed by atoms with E-state index in [4.69, 9.17) is 0 Å². The number of quaternary nitrogens is 1. The molecule has 0 rings (SSSR count). The van der Waals surface area contributed by atoms with Crippen molar-refractivity contribution in [3.63, 3.8) is 0 Å². The Kier molecular flexibility index (Phi) is 4.30.